The van der Waals surface area contributed by atoms with Crippen LogP contribution in [0, 0.1) is 0 Å². The number of thioether (sulfide) groups is 1. The molecule has 0 aliphatic rings. The number of carboxylic acid groups (broad SMARTS) is 1. The van der Waals surface area contributed by atoms with Crippen molar-refractivity contribution in [2.75, 3.05) is 30.1 Å². The van der Waals surface area contributed by atoms with Crippen LogP contribution in [0.3, 0.4) is 0 Å². The van der Waals surface area contributed by atoms with E-state index in [1.807, 2.05) is 6.92 Å². The number of carbonyl (C=O) groups is 1. The second-order valence-electron chi connectivity index (χ2n) is 4.25. The number of rotatable bonds is 9. The van der Waals surface area contributed by atoms with Crippen LogP contribution in [0.2, 0.25) is 0 Å². The molecule has 5 nitrogen and oxygen atoms in total. The lowest BCUT2D eigenvalue weighted by atomic mass is 10.1. The predicted octanol–water partition coefficient (Wildman–Crippen LogP) is 0.607. The molecule has 0 aromatic rings. The fourth-order valence-corrected chi connectivity index (χ4v) is 3.54. The molecule has 0 radical (unpaired) electrons. The minimum absolute atomic E-state index is 0.0845. The molecule has 0 fully saturated rings. The van der Waals surface area contributed by atoms with E-state index in [1.54, 1.807) is 6.92 Å². The Kier molecular flexibility index (Phi) is 7.11. The zero-order valence-electron chi connectivity index (χ0n) is 10.5. The highest BCUT2D eigenvalue weighted by atomic mass is 32.2. The fraction of sp³-hybridized carbons (Fsp3) is 0.900. The molecule has 17 heavy (non-hydrogen) atoms. The van der Waals surface area contributed by atoms with Crippen LogP contribution >= 0.6 is 11.8 Å². The third-order valence-corrected chi connectivity index (χ3v) is 4.70. The van der Waals surface area contributed by atoms with Crippen LogP contribution in [0.1, 0.15) is 20.3 Å². The average Bonchev–Trinajstić information content (AvgIpc) is 2.20. The van der Waals surface area contributed by atoms with Gasteiger partial charge in [0.15, 0.2) is 0 Å². The Bertz CT molecular complexity index is 342. The summed E-state index contributed by atoms with van der Waals surface area (Å²) in [5, 5.41) is 12.1. The summed E-state index contributed by atoms with van der Waals surface area (Å²) in [7, 11) is -2.97. The van der Waals surface area contributed by atoms with E-state index < -0.39 is 21.3 Å². The van der Waals surface area contributed by atoms with Crippen molar-refractivity contribution < 1.29 is 18.3 Å². The number of aliphatic carboxylic acids is 1. The van der Waals surface area contributed by atoms with Crippen LogP contribution in [0.5, 0.6) is 0 Å². The van der Waals surface area contributed by atoms with Crippen molar-refractivity contribution in [2.45, 2.75) is 25.8 Å². The van der Waals surface area contributed by atoms with Crippen LogP contribution in [0.4, 0.5) is 0 Å². The normalized spacial score (nSPS) is 15.5. The van der Waals surface area contributed by atoms with Crippen LogP contribution in [-0.4, -0.2) is 55.1 Å². The molecule has 1 unspecified atom stereocenters. The van der Waals surface area contributed by atoms with Crippen molar-refractivity contribution in [3.05, 3.63) is 0 Å². The molecule has 1 atom stereocenters. The molecule has 102 valence electrons. The van der Waals surface area contributed by atoms with Gasteiger partial charge in [-0.2, -0.15) is 11.8 Å². The van der Waals surface area contributed by atoms with Crippen molar-refractivity contribution >= 4 is 27.6 Å². The van der Waals surface area contributed by atoms with Gasteiger partial charge in [0.1, 0.15) is 15.4 Å². The summed E-state index contributed by atoms with van der Waals surface area (Å²) in [4.78, 5) is 11.1. The Hall–Kier alpha value is -0.270. The first kappa shape index (κ1) is 16.7. The van der Waals surface area contributed by atoms with Gasteiger partial charge >= 0.3 is 5.97 Å². The van der Waals surface area contributed by atoms with E-state index in [0.717, 1.165) is 6.42 Å². The Morgan fingerprint density at radius 2 is 2.06 bits per heavy atom. The molecule has 0 rings (SSSR count). The molecule has 2 N–H and O–H groups in total. The van der Waals surface area contributed by atoms with Gasteiger partial charge in [-0.15, -0.1) is 0 Å². The van der Waals surface area contributed by atoms with Gasteiger partial charge in [-0.1, -0.05) is 6.92 Å². The lowest BCUT2D eigenvalue weighted by Crippen LogP contribution is -2.52. The number of nitrogens with one attached hydrogen (secondary N) is 1. The lowest BCUT2D eigenvalue weighted by molar-refractivity contribution is -0.143. The van der Waals surface area contributed by atoms with Crippen LogP contribution in [-0.2, 0) is 14.6 Å². The molecule has 0 spiro atoms. The van der Waals surface area contributed by atoms with Crippen LogP contribution < -0.4 is 5.32 Å². The van der Waals surface area contributed by atoms with Crippen molar-refractivity contribution in [3.8, 4) is 0 Å². The van der Waals surface area contributed by atoms with Gasteiger partial charge in [0, 0.05) is 17.8 Å². The summed E-state index contributed by atoms with van der Waals surface area (Å²) in [6.07, 6.45) is 2.04. The summed E-state index contributed by atoms with van der Waals surface area (Å²) >= 11 is 1.34. The summed E-state index contributed by atoms with van der Waals surface area (Å²) in [5.41, 5.74) is -0.988. The summed E-state index contributed by atoms with van der Waals surface area (Å²) in [6, 6.07) is 0. The number of carboxylic acids is 1. The molecule has 0 saturated carbocycles. The maximum atomic E-state index is 11.1. The van der Waals surface area contributed by atoms with E-state index in [1.165, 1.54) is 18.0 Å². The van der Waals surface area contributed by atoms with Crippen molar-refractivity contribution in [3.63, 3.8) is 0 Å². The monoisotopic (exact) mass is 283 g/mol. The maximum absolute atomic E-state index is 11.1. The van der Waals surface area contributed by atoms with Gasteiger partial charge < -0.3 is 10.4 Å². The molecular formula is C10H21NO4S2. The Morgan fingerprint density at radius 1 is 1.47 bits per heavy atom. The van der Waals surface area contributed by atoms with Crippen LogP contribution in [0.25, 0.3) is 0 Å². The minimum atomic E-state index is -2.97. The van der Waals surface area contributed by atoms with Crippen molar-refractivity contribution in [2.24, 2.45) is 0 Å². The highest BCUT2D eigenvalue weighted by molar-refractivity contribution is 8.00. The largest absolute Gasteiger partial charge is 0.480 e. The first-order valence-electron chi connectivity index (χ1n) is 5.45. The Labute approximate surface area is 107 Å². The molecule has 0 aliphatic heterocycles. The van der Waals surface area contributed by atoms with Gasteiger partial charge in [0.25, 0.3) is 0 Å². The number of sulfone groups is 1. The molecule has 0 amide bonds. The van der Waals surface area contributed by atoms with Crippen LogP contribution in [0.15, 0.2) is 0 Å². The molecule has 7 heteroatoms. The molecule has 0 bridgehead atoms. The quantitative estimate of drug-likeness (QED) is 0.603. The van der Waals surface area contributed by atoms with Gasteiger partial charge in [0.05, 0.1) is 5.75 Å². The molecule has 0 saturated heterocycles. The predicted molar refractivity (Wildman–Crippen MR) is 71.4 cm³/mol. The standard InChI is InChI=1S/C10H21NO4S2/c1-4-5-11-10(2,9(12)13)8-16-6-7-17(3,14)15/h11H,4-8H2,1-3H3,(H,12,13). The van der Waals surface area contributed by atoms with E-state index in [9.17, 15) is 13.2 Å². The zero-order chi connectivity index (χ0) is 13.5. The molecule has 0 aromatic heterocycles. The van der Waals surface area contributed by atoms with E-state index in [4.69, 9.17) is 5.11 Å². The first-order chi connectivity index (χ1) is 7.71. The number of hydrogen-bond donors (Lipinski definition) is 2. The second-order valence-corrected chi connectivity index (χ2v) is 7.61. The van der Waals surface area contributed by atoms with Gasteiger partial charge in [-0.05, 0) is 19.9 Å². The van der Waals surface area contributed by atoms with Gasteiger partial charge in [-0.3, -0.25) is 4.79 Å². The van der Waals surface area contributed by atoms with E-state index in [-0.39, 0.29) is 5.75 Å². The molecular weight excluding hydrogens is 262 g/mol. The molecule has 0 heterocycles. The van der Waals surface area contributed by atoms with E-state index in [0.29, 0.717) is 18.1 Å². The second kappa shape index (κ2) is 7.23. The van der Waals surface area contributed by atoms with E-state index >= 15 is 0 Å². The Morgan fingerprint density at radius 3 is 2.47 bits per heavy atom. The maximum Gasteiger partial charge on any atom is 0.324 e. The minimum Gasteiger partial charge on any atom is -0.480 e. The molecule has 0 aliphatic carbocycles. The highest BCUT2D eigenvalue weighted by Gasteiger charge is 2.31. The highest BCUT2D eigenvalue weighted by Crippen LogP contribution is 2.14. The smallest absolute Gasteiger partial charge is 0.324 e. The van der Waals surface area contributed by atoms with Gasteiger partial charge in [0.2, 0.25) is 0 Å². The van der Waals surface area contributed by atoms with E-state index in [2.05, 4.69) is 5.32 Å². The molecule has 0 aromatic carbocycles. The van der Waals surface area contributed by atoms with Crippen molar-refractivity contribution in [1.82, 2.24) is 5.32 Å². The number of hydrogen-bond acceptors (Lipinski definition) is 5. The average molecular weight is 283 g/mol. The topological polar surface area (TPSA) is 83.5 Å². The third-order valence-electron chi connectivity index (χ3n) is 2.23. The summed E-state index contributed by atoms with van der Waals surface area (Å²) in [6.45, 7) is 4.22. The lowest BCUT2D eigenvalue weighted by Gasteiger charge is -2.25. The fourth-order valence-electron chi connectivity index (χ4n) is 1.08. The summed E-state index contributed by atoms with van der Waals surface area (Å²) in [5.74, 6) is -0.0353. The van der Waals surface area contributed by atoms with Gasteiger partial charge in [-0.25, -0.2) is 8.42 Å². The SMILES string of the molecule is CCCNC(C)(CSCCS(C)(=O)=O)C(=O)O. The summed E-state index contributed by atoms with van der Waals surface area (Å²) < 4.78 is 21.8. The third kappa shape index (κ3) is 7.62. The Balaban J connectivity index is 4.14. The first-order valence-corrected chi connectivity index (χ1v) is 8.66. The van der Waals surface area contributed by atoms with Crippen molar-refractivity contribution in [1.29, 1.82) is 0 Å². The zero-order valence-corrected chi connectivity index (χ0v) is 12.2.